The van der Waals surface area contributed by atoms with Gasteiger partial charge in [-0.3, -0.25) is 9.78 Å². The molecule has 0 spiro atoms. The number of fused-ring (bicyclic) bond motifs is 1. The van der Waals surface area contributed by atoms with E-state index >= 15 is 0 Å². The van der Waals surface area contributed by atoms with Crippen LogP contribution in [0.3, 0.4) is 0 Å². The molecule has 6 nitrogen and oxygen atoms in total. The number of pyridine rings is 1. The highest BCUT2D eigenvalue weighted by molar-refractivity contribution is 6.32. The van der Waals surface area contributed by atoms with E-state index in [1.165, 1.54) is 7.11 Å². The smallest absolute Gasteiger partial charge is 0.235 e. The van der Waals surface area contributed by atoms with Gasteiger partial charge < -0.3 is 18.8 Å². The van der Waals surface area contributed by atoms with Gasteiger partial charge >= 0.3 is 0 Å². The minimum Gasteiger partial charge on any atom is -0.495 e. The number of methoxy groups -OCH3 is 2. The molecule has 0 N–H and O–H groups in total. The van der Waals surface area contributed by atoms with Crippen molar-refractivity contribution in [3.8, 4) is 33.9 Å². The lowest BCUT2D eigenvalue weighted by Gasteiger charge is -2.16. The van der Waals surface area contributed by atoms with Gasteiger partial charge in [0.1, 0.15) is 11.3 Å². The molecule has 2 aromatic heterocycles. The normalized spacial score (nSPS) is 11.2. The number of benzene rings is 2. The third-order valence-electron chi connectivity index (χ3n) is 5.12. The van der Waals surface area contributed by atoms with Crippen molar-refractivity contribution in [2.24, 2.45) is 0 Å². The van der Waals surface area contributed by atoms with Crippen molar-refractivity contribution in [3.63, 3.8) is 0 Å². The summed E-state index contributed by atoms with van der Waals surface area (Å²) in [5.41, 5.74) is 3.55. The van der Waals surface area contributed by atoms with Crippen LogP contribution in [0, 0.1) is 0 Å². The number of rotatable bonds is 6. The van der Waals surface area contributed by atoms with Crippen LogP contribution in [-0.4, -0.2) is 38.2 Å². The second-order valence-corrected chi connectivity index (χ2v) is 8.04. The molecule has 0 saturated heterocycles. The monoisotopic (exact) mass is 450 g/mol. The number of hydrogen-bond donors (Lipinski definition) is 0. The fraction of sp³-hybridized carbons (Fsp3) is 0.200. The van der Waals surface area contributed by atoms with Gasteiger partial charge in [0.25, 0.3) is 0 Å². The molecule has 0 fully saturated rings. The van der Waals surface area contributed by atoms with Crippen molar-refractivity contribution >= 4 is 22.6 Å². The first-order valence-electron chi connectivity index (χ1n) is 9.99. The van der Waals surface area contributed by atoms with Crippen molar-refractivity contribution in [2.45, 2.75) is 6.54 Å². The lowest BCUT2D eigenvalue weighted by molar-refractivity contribution is 0.398. The summed E-state index contributed by atoms with van der Waals surface area (Å²) in [7, 11) is 6.97. The zero-order valence-electron chi connectivity index (χ0n) is 18.3. The Morgan fingerprint density at radius 1 is 1.00 bits per heavy atom. The van der Waals surface area contributed by atoms with Crippen molar-refractivity contribution < 1.29 is 13.9 Å². The maximum atomic E-state index is 13.5. The molecule has 164 valence electrons. The van der Waals surface area contributed by atoms with E-state index in [1.54, 1.807) is 37.7 Å². The molecule has 4 rings (SSSR count). The average Bonchev–Trinajstić information content (AvgIpc) is 2.79. The van der Waals surface area contributed by atoms with Crippen LogP contribution in [0.4, 0.5) is 0 Å². The van der Waals surface area contributed by atoms with Crippen LogP contribution in [0.5, 0.6) is 11.5 Å². The minimum atomic E-state index is -0.244. The number of halogens is 1. The van der Waals surface area contributed by atoms with Gasteiger partial charge in [0, 0.05) is 30.1 Å². The molecule has 0 amide bonds. The summed E-state index contributed by atoms with van der Waals surface area (Å²) < 4.78 is 17.1. The van der Waals surface area contributed by atoms with Gasteiger partial charge in [-0.1, -0.05) is 11.6 Å². The largest absolute Gasteiger partial charge is 0.495 e. The lowest BCUT2D eigenvalue weighted by Crippen LogP contribution is -2.12. The van der Waals surface area contributed by atoms with Gasteiger partial charge in [-0.25, -0.2) is 0 Å². The summed E-state index contributed by atoms with van der Waals surface area (Å²) in [5, 5.41) is 0.863. The summed E-state index contributed by atoms with van der Waals surface area (Å²) in [5.74, 6) is 0.968. The highest BCUT2D eigenvalue weighted by atomic mass is 35.5. The van der Waals surface area contributed by atoms with Gasteiger partial charge in [-0.2, -0.15) is 0 Å². The van der Waals surface area contributed by atoms with E-state index in [0.717, 1.165) is 16.7 Å². The van der Waals surface area contributed by atoms with E-state index in [2.05, 4.69) is 4.98 Å². The van der Waals surface area contributed by atoms with Crippen LogP contribution in [0.25, 0.3) is 33.4 Å². The average molecular weight is 451 g/mol. The van der Waals surface area contributed by atoms with Crippen molar-refractivity contribution in [1.29, 1.82) is 0 Å². The summed E-state index contributed by atoms with van der Waals surface area (Å²) in [6.45, 7) is 0.672. The number of aromatic nitrogens is 1. The molecule has 0 radical (unpaired) electrons. The summed E-state index contributed by atoms with van der Waals surface area (Å²) >= 11 is 6.33. The molecule has 0 aliphatic heterocycles. The van der Waals surface area contributed by atoms with Gasteiger partial charge in [-0.05, 0) is 67.7 Å². The van der Waals surface area contributed by atoms with E-state index in [9.17, 15) is 4.79 Å². The Bertz CT molecular complexity index is 1330. The third-order valence-corrected chi connectivity index (χ3v) is 5.41. The van der Waals surface area contributed by atoms with E-state index in [-0.39, 0.29) is 11.2 Å². The van der Waals surface area contributed by atoms with Crippen molar-refractivity contribution in [1.82, 2.24) is 9.88 Å². The molecule has 7 heteroatoms. The zero-order chi connectivity index (χ0) is 22.8. The molecule has 2 aromatic carbocycles. The van der Waals surface area contributed by atoms with Crippen LogP contribution < -0.4 is 14.9 Å². The first kappa shape index (κ1) is 21.9. The predicted molar refractivity (Wildman–Crippen MR) is 127 cm³/mol. The SMILES string of the molecule is COc1ccc(-c2oc3c(-c4ccncc4)cc(CN(C)C)cc3c(=O)c2OC)cc1Cl. The maximum Gasteiger partial charge on any atom is 0.235 e. The lowest BCUT2D eigenvalue weighted by atomic mass is 9.99. The Balaban J connectivity index is 2.06. The van der Waals surface area contributed by atoms with Crippen LogP contribution in [0.2, 0.25) is 5.02 Å². The van der Waals surface area contributed by atoms with Crippen LogP contribution in [-0.2, 0) is 6.54 Å². The molecular formula is C25H23ClN2O4. The quantitative estimate of drug-likeness (QED) is 0.399. The Morgan fingerprint density at radius 3 is 2.38 bits per heavy atom. The van der Waals surface area contributed by atoms with Crippen LogP contribution in [0.15, 0.2) is 64.1 Å². The van der Waals surface area contributed by atoms with Crippen LogP contribution >= 0.6 is 11.6 Å². The molecule has 2 heterocycles. The molecule has 0 saturated carbocycles. The number of hydrogen-bond acceptors (Lipinski definition) is 6. The molecule has 0 aliphatic rings. The maximum absolute atomic E-state index is 13.5. The fourth-order valence-electron chi connectivity index (χ4n) is 3.73. The first-order chi connectivity index (χ1) is 15.4. The number of nitrogens with zero attached hydrogens (tertiary/aromatic N) is 2. The Hall–Kier alpha value is -3.35. The standard InChI is InChI=1S/C25H23ClN2O4/c1-28(2)14-15-11-18(16-7-9-27-10-8-16)24-19(12-15)22(29)25(31-4)23(32-24)17-5-6-21(30-3)20(26)13-17/h5-13H,14H2,1-4H3. The predicted octanol–water partition coefficient (Wildman–Crippen LogP) is 5.25. The summed E-state index contributed by atoms with van der Waals surface area (Å²) in [6, 6.07) is 12.9. The Morgan fingerprint density at radius 2 is 1.75 bits per heavy atom. The van der Waals surface area contributed by atoms with E-state index < -0.39 is 0 Å². The highest BCUT2D eigenvalue weighted by Gasteiger charge is 2.21. The molecule has 0 atom stereocenters. The second kappa shape index (κ2) is 9.02. The summed E-state index contributed by atoms with van der Waals surface area (Å²) in [6.07, 6.45) is 3.43. The third kappa shape index (κ3) is 4.07. The number of ether oxygens (including phenoxy) is 2. The summed E-state index contributed by atoms with van der Waals surface area (Å²) in [4.78, 5) is 19.7. The molecule has 0 bridgehead atoms. The van der Waals surface area contributed by atoms with Gasteiger partial charge in [0.2, 0.25) is 11.2 Å². The second-order valence-electron chi connectivity index (χ2n) is 7.64. The molecule has 4 aromatic rings. The Kier molecular flexibility index (Phi) is 6.17. The topological polar surface area (TPSA) is 64.8 Å². The fourth-order valence-corrected chi connectivity index (χ4v) is 3.98. The molecule has 0 aliphatic carbocycles. The van der Waals surface area contributed by atoms with Crippen molar-refractivity contribution in [3.05, 3.63) is 75.7 Å². The van der Waals surface area contributed by atoms with Gasteiger partial charge in [0.15, 0.2) is 5.76 Å². The molecular weight excluding hydrogens is 428 g/mol. The van der Waals surface area contributed by atoms with Gasteiger partial charge in [0.05, 0.1) is 24.6 Å². The minimum absolute atomic E-state index is 0.126. The zero-order valence-corrected chi connectivity index (χ0v) is 19.1. The van der Waals surface area contributed by atoms with E-state index in [4.69, 9.17) is 25.5 Å². The van der Waals surface area contributed by atoms with Gasteiger partial charge in [-0.15, -0.1) is 0 Å². The first-order valence-corrected chi connectivity index (χ1v) is 10.4. The highest BCUT2D eigenvalue weighted by Crippen LogP contribution is 2.38. The molecule has 32 heavy (non-hydrogen) atoms. The van der Waals surface area contributed by atoms with Crippen LogP contribution in [0.1, 0.15) is 5.56 Å². The Labute approximate surface area is 191 Å². The molecule has 0 unspecified atom stereocenters. The van der Waals surface area contributed by atoms with Crippen molar-refractivity contribution in [2.75, 3.05) is 28.3 Å². The van der Waals surface area contributed by atoms with E-state index in [0.29, 0.717) is 39.6 Å². The van der Waals surface area contributed by atoms with E-state index in [1.807, 2.05) is 43.3 Å².